The van der Waals surface area contributed by atoms with Gasteiger partial charge in [-0.3, -0.25) is 0 Å². The van der Waals surface area contributed by atoms with Gasteiger partial charge in [-0.15, -0.1) is 0 Å². The Labute approximate surface area is 466 Å². The lowest BCUT2D eigenvalue weighted by molar-refractivity contribution is -0.137. The number of rotatable bonds is 4. The first-order valence-electron chi connectivity index (χ1n) is 24.3. The van der Waals surface area contributed by atoms with Crippen molar-refractivity contribution in [3.8, 4) is 23.0 Å². The Kier molecular flexibility index (Phi) is 17.4. The Bertz CT molecular complexity index is 3840. The zero-order chi connectivity index (χ0) is 61.3. The molecule has 4 aliphatic rings. The summed E-state index contributed by atoms with van der Waals surface area (Å²) in [4.78, 5) is 5.49. The number of hydrogen-bond donors (Lipinski definition) is 0. The molecule has 4 heterocycles. The Hall–Kier alpha value is -9.24. The first-order chi connectivity index (χ1) is 40.3. The molecule has 28 heteroatoms. The highest BCUT2D eigenvalue weighted by Gasteiger charge is 2.34. The smallest absolute Gasteiger partial charge is 0.416 e. The molecule has 85 heavy (non-hydrogen) atoms. The first-order valence-corrected chi connectivity index (χ1v) is 24.3. The van der Waals surface area contributed by atoms with Crippen LogP contribution in [0, 0.1) is 98.9 Å². The number of anilines is 4. The summed E-state index contributed by atoms with van der Waals surface area (Å²) in [5.74, 6) is -21.6. The van der Waals surface area contributed by atoms with Crippen LogP contribution in [0.5, 0.6) is 23.0 Å². The lowest BCUT2D eigenvalue weighted by Crippen LogP contribution is -2.33. The summed E-state index contributed by atoms with van der Waals surface area (Å²) in [5, 5.41) is 0. The second kappa shape index (κ2) is 24.5. The van der Waals surface area contributed by atoms with Crippen molar-refractivity contribution in [1.82, 2.24) is 0 Å². The minimum Gasteiger partial charge on any atom is -0.473 e. The SMILES string of the molecule is Fc1cc2c(c(F)c1F)CN(c1cccc(C(F)(F)F)c1)CO2.Fc1ccc(N2COc3cc(F)c(F)c(F)c3C2)c(F)c1.Fc1ccc(N2COc3cc(F)c(F)c(F)c3C2)cc1.Fc1ccc(N2COc3cc(F)c(F)c(F)c3C2)cc1F. The monoisotopic (exact) mass is 1220 g/mol. The van der Waals surface area contributed by atoms with Crippen LogP contribution >= 0.6 is 0 Å². The maximum atomic E-state index is 13.8. The average molecular weight is 1220 g/mol. The standard InChI is InChI=1S/C15H9F6NO.2C14H8F5NO.C14H9F4NO/c16-11-5-12-10(13(17)14(11)18)6-22(7-23-12)9-3-1-2-8(4-9)15(19,20)21;15-7-1-2-11(9(16)3-7)20-5-8-12(21-6-20)4-10(17)14(19)13(8)18;15-9-2-1-7(3-10(9)16)20-5-8-12(21-6-20)4-11(17)14(19)13(8)18;15-8-1-3-9(4-2-8)19-6-10-12(20-7-19)5-11(16)14(18)13(10)17/h1-5H,6-7H2;2*1-4H,5-6H2;1-5H,6-7H2. The van der Waals surface area contributed by atoms with E-state index >= 15 is 0 Å². The summed E-state index contributed by atoms with van der Waals surface area (Å²) in [6, 6.07) is 18.9. The second-order valence-corrected chi connectivity index (χ2v) is 18.5. The number of fused-ring (bicyclic) bond motifs is 4. The van der Waals surface area contributed by atoms with Crippen molar-refractivity contribution in [2.75, 3.05) is 46.5 Å². The van der Waals surface area contributed by atoms with Crippen molar-refractivity contribution in [3.63, 3.8) is 0 Å². The molecule has 0 aromatic heterocycles. The summed E-state index contributed by atoms with van der Waals surface area (Å²) in [6.45, 7) is -1.07. The highest BCUT2D eigenvalue weighted by atomic mass is 19.4. The molecule has 8 nitrogen and oxygen atoms in total. The van der Waals surface area contributed by atoms with E-state index in [1.807, 2.05) is 0 Å². The van der Waals surface area contributed by atoms with Gasteiger partial charge in [-0.05, 0) is 66.7 Å². The van der Waals surface area contributed by atoms with Gasteiger partial charge in [0.05, 0.1) is 59.7 Å². The maximum absolute atomic E-state index is 13.8. The Balaban J connectivity index is 0.000000136. The van der Waals surface area contributed by atoms with E-state index in [4.69, 9.17) is 18.9 Å². The van der Waals surface area contributed by atoms with E-state index in [-0.39, 0.29) is 115 Å². The molecule has 0 unspecified atom stereocenters. The number of ether oxygens (including phenoxy) is 4. The fourth-order valence-electron chi connectivity index (χ4n) is 8.69. The average Bonchev–Trinajstić information content (AvgIpc) is 3.09. The van der Waals surface area contributed by atoms with Gasteiger partial charge in [0.15, 0.2) is 108 Å². The Morgan fingerprint density at radius 3 is 1.06 bits per heavy atom. The molecule has 0 atom stereocenters. The van der Waals surface area contributed by atoms with Crippen molar-refractivity contribution in [1.29, 1.82) is 0 Å². The van der Waals surface area contributed by atoms with E-state index in [1.165, 1.54) is 57.2 Å². The molecule has 4 aliphatic heterocycles. The molecule has 0 spiro atoms. The van der Waals surface area contributed by atoms with Crippen molar-refractivity contribution >= 4 is 22.7 Å². The van der Waals surface area contributed by atoms with Crippen LogP contribution in [-0.4, -0.2) is 26.9 Å². The fourth-order valence-corrected chi connectivity index (χ4v) is 8.69. The number of benzene rings is 8. The number of nitrogens with zero attached hydrogens (tertiary/aromatic N) is 4. The fraction of sp³-hybridized carbons (Fsp3) is 0.158. The Morgan fingerprint density at radius 1 is 0.294 bits per heavy atom. The number of hydrogen-bond acceptors (Lipinski definition) is 8. The van der Waals surface area contributed by atoms with Gasteiger partial charge in [0, 0.05) is 53.5 Å². The van der Waals surface area contributed by atoms with Gasteiger partial charge in [-0.2, -0.15) is 13.2 Å². The van der Waals surface area contributed by atoms with Crippen LogP contribution in [0.2, 0.25) is 0 Å². The van der Waals surface area contributed by atoms with Gasteiger partial charge in [0.25, 0.3) is 0 Å². The van der Waals surface area contributed by atoms with Crippen LogP contribution in [0.15, 0.2) is 109 Å². The van der Waals surface area contributed by atoms with Gasteiger partial charge in [-0.25, -0.2) is 74.6 Å². The van der Waals surface area contributed by atoms with E-state index < -0.39 is 111 Å². The van der Waals surface area contributed by atoms with Gasteiger partial charge in [0.1, 0.15) is 40.4 Å². The molecule has 0 amide bonds. The van der Waals surface area contributed by atoms with E-state index in [0.717, 1.165) is 60.7 Å². The van der Waals surface area contributed by atoms with Gasteiger partial charge in [0.2, 0.25) is 0 Å². The lowest BCUT2D eigenvalue weighted by Gasteiger charge is -2.31. The lowest BCUT2D eigenvalue weighted by atomic mass is 10.1. The van der Waals surface area contributed by atoms with E-state index in [1.54, 1.807) is 4.90 Å². The first kappa shape index (κ1) is 60.4. The Morgan fingerprint density at radius 2 is 0.659 bits per heavy atom. The minimum absolute atomic E-state index is 0.0141. The summed E-state index contributed by atoms with van der Waals surface area (Å²) in [6.07, 6.45) is -4.52. The van der Waals surface area contributed by atoms with Gasteiger partial charge in [-0.1, -0.05) is 6.07 Å². The molecule has 446 valence electrons. The summed E-state index contributed by atoms with van der Waals surface area (Å²) >= 11 is 0. The van der Waals surface area contributed by atoms with Crippen LogP contribution in [0.25, 0.3) is 0 Å². The largest absolute Gasteiger partial charge is 0.473 e. The molecular weight excluding hydrogens is 1180 g/mol. The minimum atomic E-state index is -4.52. The highest BCUT2D eigenvalue weighted by molar-refractivity contribution is 5.55. The quantitative estimate of drug-likeness (QED) is 0.128. The van der Waals surface area contributed by atoms with Crippen molar-refractivity contribution in [3.05, 3.63) is 236 Å². The normalized spacial score (nSPS) is 14.0. The molecule has 0 N–H and O–H groups in total. The third kappa shape index (κ3) is 13.0. The molecule has 0 saturated heterocycles. The summed E-state index contributed by atoms with van der Waals surface area (Å²) < 4.78 is 285. The van der Waals surface area contributed by atoms with Crippen LogP contribution < -0.4 is 38.5 Å². The molecule has 12 rings (SSSR count). The molecule has 0 bridgehead atoms. The predicted molar refractivity (Wildman–Crippen MR) is 263 cm³/mol. The van der Waals surface area contributed by atoms with E-state index in [9.17, 15) is 87.8 Å². The highest BCUT2D eigenvalue weighted by Crippen LogP contribution is 2.39. The maximum Gasteiger partial charge on any atom is 0.416 e. The van der Waals surface area contributed by atoms with Crippen molar-refractivity contribution in [2.45, 2.75) is 32.4 Å². The molecule has 0 saturated carbocycles. The van der Waals surface area contributed by atoms with Gasteiger partial charge >= 0.3 is 6.18 Å². The number of halogens is 20. The second-order valence-electron chi connectivity index (χ2n) is 18.5. The molecule has 0 radical (unpaired) electrons. The van der Waals surface area contributed by atoms with Gasteiger partial charge < -0.3 is 38.5 Å². The third-order valence-corrected chi connectivity index (χ3v) is 13.0. The topological polar surface area (TPSA) is 49.9 Å². The van der Waals surface area contributed by atoms with Crippen molar-refractivity contribution < 1.29 is 107 Å². The van der Waals surface area contributed by atoms with E-state index in [0.29, 0.717) is 11.8 Å². The molecular formula is C57H34F20N4O4. The van der Waals surface area contributed by atoms with Crippen molar-refractivity contribution in [2.24, 2.45) is 0 Å². The summed E-state index contributed by atoms with van der Waals surface area (Å²) in [7, 11) is 0. The van der Waals surface area contributed by atoms with Crippen LogP contribution in [-0.2, 0) is 32.4 Å². The van der Waals surface area contributed by atoms with Crippen LogP contribution in [0.4, 0.5) is 111 Å². The molecule has 0 aliphatic carbocycles. The predicted octanol–water partition coefficient (Wildman–Crippen LogP) is 15.6. The molecule has 0 fully saturated rings. The van der Waals surface area contributed by atoms with E-state index in [2.05, 4.69) is 0 Å². The van der Waals surface area contributed by atoms with Crippen LogP contribution in [0.1, 0.15) is 27.8 Å². The zero-order valence-corrected chi connectivity index (χ0v) is 42.5. The van der Waals surface area contributed by atoms with Crippen LogP contribution in [0.3, 0.4) is 0 Å². The number of alkyl halides is 3. The third-order valence-electron chi connectivity index (χ3n) is 13.0. The summed E-state index contributed by atoms with van der Waals surface area (Å²) in [5.41, 5.74) is -0.613. The zero-order valence-electron chi connectivity index (χ0n) is 42.5. The molecule has 8 aromatic carbocycles. The molecule has 8 aromatic rings.